The van der Waals surface area contributed by atoms with E-state index in [1.807, 2.05) is 0 Å². The van der Waals surface area contributed by atoms with E-state index in [-0.39, 0.29) is 64.1 Å². The standard InChI is InChI=1S/C37H43F6N3O7S/c1-4-8-28-35(53-23-19-29(54-21-23)37(41,42)43,12-7-16-46(28)30(47)24-20-44-15-11-25(24)36(38,39)40)31(48)45-17-13-34(51,14-18-45)26-9-5-6-10-27(26)52-22-33(2,3)32(49)50/h5-6,9-11,15,19-21,26-28,51H,4,7-8,12-14,16-18,22H2,1-3H3,(H,49,50). The van der Waals surface area contributed by atoms with E-state index >= 15 is 0 Å². The minimum absolute atomic E-state index is 0.0300. The molecule has 10 nitrogen and oxygen atoms in total. The number of carbonyl (C=O) groups is 3. The van der Waals surface area contributed by atoms with E-state index in [2.05, 4.69) is 4.98 Å². The Kier molecular flexibility index (Phi) is 11.9. The van der Waals surface area contributed by atoms with Crippen LogP contribution in [-0.4, -0.2) is 92.4 Å². The maximum Gasteiger partial charge on any atom is 0.425 e. The van der Waals surface area contributed by atoms with E-state index in [1.165, 1.54) is 18.7 Å². The quantitative estimate of drug-likeness (QED) is 0.233. The van der Waals surface area contributed by atoms with Gasteiger partial charge < -0.3 is 29.5 Å². The van der Waals surface area contributed by atoms with E-state index in [9.17, 15) is 50.9 Å². The third kappa shape index (κ3) is 8.47. The van der Waals surface area contributed by atoms with Crippen molar-refractivity contribution >= 4 is 29.1 Å². The number of nitrogens with zero attached hydrogens (tertiary/aromatic N) is 3. The molecule has 0 aromatic carbocycles. The van der Waals surface area contributed by atoms with Crippen LogP contribution in [0.4, 0.5) is 26.3 Å². The van der Waals surface area contributed by atoms with Crippen molar-refractivity contribution in [3.05, 3.63) is 70.2 Å². The second-order valence-corrected chi connectivity index (χ2v) is 15.5. The Labute approximate surface area is 312 Å². The topological polar surface area (TPSA) is 130 Å². The predicted molar refractivity (Wildman–Crippen MR) is 185 cm³/mol. The van der Waals surface area contributed by atoms with Crippen LogP contribution >= 0.6 is 11.3 Å². The van der Waals surface area contributed by atoms with Gasteiger partial charge in [0.1, 0.15) is 10.6 Å². The highest BCUT2D eigenvalue weighted by Gasteiger charge is 2.57. The number of aromatic nitrogens is 1. The number of hydrogen-bond acceptors (Lipinski definition) is 8. The van der Waals surface area contributed by atoms with Crippen molar-refractivity contribution < 1.29 is 60.4 Å². The van der Waals surface area contributed by atoms with Crippen molar-refractivity contribution in [3.63, 3.8) is 0 Å². The maximum absolute atomic E-state index is 14.9. The summed E-state index contributed by atoms with van der Waals surface area (Å²) in [6.45, 7) is 4.51. The van der Waals surface area contributed by atoms with Crippen molar-refractivity contribution in [3.8, 4) is 5.75 Å². The maximum atomic E-state index is 14.9. The zero-order valence-electron chi connectivity index (χ0n) is 30.0. The molecule has 296 valence electrons. The lowest BCUT2D eigenvalue weighted by Crippen LogP contribution is -2.69. The molecule has 2 aromatic rings. The number of rotatable bonds is 11. The number of carboxylic acid groups (broad SMARTS) is 1. The molecule has 1 aliphatic carbocycles. The molecular formula is C37H43F6N3O7S. The van der Waals surface area contributed by atoms with Crippen LogP contribution in [0.3, 0.4) is 0 Å². The molecular weight excluding hydrogens is 744 g/mol. The lowest BCUT2D eigenvalue weighted by Gasteiger charge is -2.51. The first-order valence-corrected chi connectivity index (χ1v) is 18.5. The fourth-order valence-corrected chi connectivity index (χ4v) is 8.07. The Balaban J connectivity index is 1.47. The molecule has 0 saturated carbocycles. The van der Waals surface area contributed by atoms with Gasteiger partial charge in [0.05, 0.1) is 40.9 Å². The number of thiophene rings is 1. The number of allylic oxidation sites excluding steroid dienone is 2. The van der Waals surface area contributed by atoms with Gasteiger partial charge in [-0.3, -0.25) is 19.4 Å². The summed E-state index contributed by atoms with van der Waals surface area (Å²) >= 11 is 0.359. The summed E-state index contributed by atoms with van der Waals surface area (Å²) in [5, 5.41) is 22.6. The molecule has 2 N–H and O–H groups in total. The average Bonchev–Trinajstić information content (AvgIpc) is 3.60. The van der Waals surface area contributed by atoms with E-state index in [0.717, 1.165) is 28.7 Å². The van der Waals surface area contributed by atoms with Crippen LogP contribution in [0.1, 0.15) is 80.1 Å². The van der Waals surface area contributed by atoms with Gasteiger partial charge in [0.2, 0.25) is 5.60 Å². The lowest BCUT2D eigenvalue weighted by atomic mass is 9.74. The van der Waals surface area contributed by atoms with Crippen molar-refractivity contribution in [1.82, 2.24) is 14.8 Å². The number of aliphatic hydroxyl groups is 1. The largest absolute Gasteiger partial charge is 0.481 e. The molecule has 3 aliphatic rings. The summed E-state index contributed by atoms with van der Waals surface area (Å²) in [7, 11) is 0. The predicted octanol–water partition coefficient (Wildman–Crippen LogP) is 6.99. The van der Waals surface area contributed by atoms with Gasteiger partial charge in [0, 0.05) is 55.8 Å². The van der Waals surface area contributed by atoms with Crippen molar-refractivity contribution in [1.29, 1.82) is 0 Å². The number of aliphatic carboxylic acids is 1. The van der Waals surface area contributed by atoms with Crippen molar-refractivity contribution in [2.45, 2.75) is 95.0 Å². The van der Waals surface area contributed by atoms with Crippen LogP contribution in [0.15, 0.2) is 54.2 Å². The average molecular weight is 788 g/mol. The number of likely N-dealkylation sites (tertiary alicyclic amines) is 2. The third-order valence-corrected chi connectivity index (χ3v) is 11.3. The van der Waals surface area contributed by atoms with Gasteiger partial charge in [-0.1, -0.05) is 37.6 Å². The summed E-state index contributed by atoms with van der Waals surface area (Å²) in [6.07, 6.45) is -1.16. The van der Waals surface area contributed by atoms with Crippen LogP contribution in [0.25, 0.3) is 0 Å². The number of alkyl halides is 6. The number of hydrogen-bond donors (Lipinski definition) is 2. The van der Waals surface area contributed by atoms with Crippen LogP contribution < -0.4 is 4.74 Å². The summed E-state index contributed by atoms with van der Waals surface area (Å²) in [4.78, 5) is 45.9. The van der Waals surface area contributed by atoms with Gasteiger partial charge >= 0.3 is 18.3 Å². The van der Waals surface area contributed by atoms with Gasteiger partial charge in [-0.15, -0.1) is 11.3 Å². The first-order valence-electron chi connectivity index (χ1n) is 17.6. The molecule has 2 aromatic heterocycles. The summed E-state index contributed by atoms with van der Waals surface area (Å²) in [6, 6.07) is 0.254. The minimum atomic E-state index is -4.90. The van der Waals surface area contributed by atoms with Gasteiger partial charge in [0.15, 0.2) is 0 Å². The van der Waals surface area contributed by atoms with Crippen molar-refractivity contribution in [2.75, 3.05) is 26.2 Å². The third-order valence-electron chi connectivity index (χ3n) is 10.4. The summed E-state index contributed by atoms with van der Waals surface area (Å²) < 4.78 is 95.4. The molecule has 17 heteroatoms. The Hall–Kier alpha value is -3.96. The van der Waals surface area contributed by atoms with E-state index < -0.39 is 80.8 Å². The number of piperidine rings is 2. The fourth-order valence-electron chi connectivity index (χ4n) is 7.40. The smallest absolute Gasteiger partial charge is 0.425 e. The zero-order valence-corrected chi connectivity index (χ0v) is 30.8. The Morgan fingerprint density at radius 3 is 2.31 bits per heavy atom. The first kappa shape index (κ1) is 41.2. The first-order chi connectivity index (χ1) is 25.2. The van der Waals surface area contributed by atoms with Crippen LogP contribution in [0, 0.1) is 11.3 Å². The van der Waals surface area contributed by atoms with Gasteiger partial charge in [0.25, 0.3) is 11.8 Å². The zero-order chi connectivity index (χ0) is 39.7. The Morgan fingerprint density at radius 1 is 1.02 bits per heavy atom. The number of carboxylic acids is 1. The molecule has 54 heavy (non-hydrogen) atoms. The monoisotopic (exact) mass is 787 g/mol. The molecule has 2 aliphatic heterocycles. The molecule has 0 radical (unpaired) electrons. The van der Waals surface area contributed by atoms with E-state index in [0.29, 0.717) is 23.8 Å². The molecule has 5 rings (SSSR count). The highest BCUT2D eigenvalue weighted by atomic mass is 32.1. The number of amides is 2. The molecule has 4 heterocycles. The molecule has 0 bridgehead atoms. The van der Waals surface area contributed by atoms with Gasteiger partial charge in [-0.2, -0.15) is 26.3 Å². The van der Waals surface area contributed by atoms with Crippen LogP contribution in [0.2, 0.25) is 0 Å². The number of pyridine rings is 1. The highest BCUT2D eigenvalue weighted by molar-refractivity contribution is 7.10. The molecule has 2 amide bonds. The summed E-state index contributed by atoms with van der Waals surface area (Å²) in [5.41, 5.74) is -6.56. The van der Waals surface area contributed by atoms with Crippen LogP contribution in [0.5, 0.6) is 5.75 Å². The second-order valence-electron chi connectivity index (χ2n) is 14.6. The van der Waals surface area contributed by atoms with E-state index in [4.69, 9.17) is 9.47 Å². The molecule has 4 atom stereocenters. The SMILES string of the molecule is CCCC1N(C(=O)c2cnccc2C(F)(F)F)CCCC1(Oc1csc(C(F)(F)F)c1)C(=O)N1CCC(O)(C2C=CC=CC2OCC(C)(C)C(=O)O)CC1. The van der Waals surface area contributed by atoms with Crippen LogP contribution in [-0.2, 0) is 26.7 Å². The highest BCUT2D eigenvalue weighted by Crippen LogP contribution is 2.44. The second kappa shape index (κ2) is 15.6. The molecule has 4 unspecified atom stereocenters. The number of ether oxygens (including phenoxy) is 2. The van der Waals surface area contributed by atoms with E-state index in [1.54, 1.807) is 31.2 Å². The Morgan fingerprint density at radius 2 is 1.70 bits per heavy atom. The minimum Gasteiger partial charge on any atom is -0.481 e. The Bertz CT molecular complexity index is 1750. The molecule has 0 spiro atoms. The summed E-state index contributed by atoms with van der Waals surface area (Å²) in [5.74, 6) is -3.65. The molecule has 2 fully saturated rings. The van der Waals surface area contributed by atoms with Crippen molar-refractivity contribution in [2.24, 2.45) is 11.3 Å². The number of carbonyl (C=O) groups excluding carboxylic acids is 2. The molecule has 2 saturated heterocycles. The fraction of sp³-hybridized carbons (Fsp3) is 0.568. The van der Waals surface area contributed by atoms with Gasteiger partial charge in [-0.05, 0) is 45.6 Å². The van der Waals surface area contributed by atoms with Gasteiger partial charge in [-0.25, -0.2) is 0 Å². The lowest BCUT2D eigenvalue weighted by molar-refractivity contribution is -0.166. The normalized spacial score (nSPS) is 24.7. The number of halogens is 6.